The molecule has 0 heterocycles. The van der Waals surface area contributed by atoms with E-state index >= 15 is 0 Å². The SMILES string of the molecule is CCN(CC)CCOc1ccccc1OC(=Cc1ccccc1)C(C)=O.O=C(O)CC(O)(CC(=O)O)C(=O)O. The summed E-state index contributed by atoms with van der Waals surface area (Å²) in [4.78, 5) is 44.8. The molecule has 0 aliphatic rings. The van der Waals surface area contributed by atoms with Gasteiger partial charge in [0.05, 0.1) is 12.8 Å². The Morgan fingerprint density at radius 2 is 1.36 bits per heavy atom. The minimum Gasteiger partial charge on any atom is -0.488 e. The van der Waals surface area contributed by atoms with E-state index < -0.39 is 36.4 Å². The van der Waals surface area contributed by atoms with Crippen LogP contribution in [0.15, 0.2) is 60.4 Å². The van der Waals surface area contributed by atoms with Crippen molar-refractivity contribution in [3.63, 3.8) is 0 Å². The summed E-state index contributed by atoms with van der Waals surface area (Å²) in [6, 6.07) is 17.1. The summed E-state index contributed by atoms with van der Waals surface area (Å²) in [7, 11) is 0. The molecule has 0 aliphatic carbocycles. The molecule has 0 aliphatic heterocycles. The Labute approximate surface area is 226 Å². The van der Waals surface area contributed by atoms with Crippen LogP contribution >= 0.6 is 0 Å². The maximum Gasteiger partial charge on any atom is 0.336 e. The molecule has 2 aromatic carbocycles. The van der Waals surface area contributed by atoms with Crippen molar-refractivity contribution in [1.29, 1.82) is 0 Å². The molecule has 0 saturated heterocycles. The monoisotopic (exact) mass is 545 g/mol. The molecule has 0 unspecified atom stereocenters. The Hall–Kier alpha value is -4.22. The first-order chi connectivity index (χ1) is 18.4. The number of carboxylic acids is 3. The van der Waals surface area contributed by atoms with Gasteiger partial charge in [-0.05, 0) is 36.9 Å². The van der Waals surface area contributed by atoms with Crippen molar-refractivity contribution in [2.24, 2.45) is 0 Å². The lowest BCUT2D eigenvalue weighted by atomic mass is 9.96. The van der Waals surface area contributed by atoms with E-state index in [1.807, 2.05) is 54.6 Å². The van der Waals surface area contributed by atoms with Crippen molar-refractivity contribution in [2.75, 3.05) is 26.2 Å². The van der Waals surface area contributed by atoms with Crippen molar-refractivity contribution in [1.82, 2.24) is 4.90 Å². The number of ketones is 1. The number of allylic oxidation sites excluding steroid dienone is 1. The zero-order chi connectivity index (χ0) is 29.4. The molecule has 212 valence electrons. The maximum atomic E-state index is 12.0. The van der Waals surface area contributed by atoms with Gasteiger partial charge in [0, 0.05) is 13.5 Å². The van der Waals surface area contributed by atoms with E-state index in [1.54, 1.807) is 6.08 Å². The van der Waals surface area contributed by atoms with Gasteiger partial charge in [0.25, 0.3) is 0 Å². The van der Waals surface area contributed by atoms with Gasteiger partial charge in [0.15, 0.2) is 28.6 Å². The van der Waals surface area contributed by atoms with E-state index in [1.165, 1.54) is 6.92 Å². The number of carbonyl (C=O) groups excluding carboxylic acids is 1. The predicted molar refractivity (Wildman–Crippen MR) is 143 cm³/mol. The number of hydrogen-bond donors (Lipinski definition) is 4. The van der Waals surface area contributed by atoms with E-state index in [-0.39, 0.29) is 11.5 Å². The molecule has 2 aromatic rings. The Morgan fingerprint density at radius 1 is 0.846 bits per heavy atom. The number of aliphatic hydroxyl groups is 1. The lowest BCUT2D eigenvalue weighted by molar-refractivity contribution is -0.170. The van der Waals surface area contributed by atoms with Gasteiger partial charge in [-0.3, -0.25) is 14.4 Å². The van der Waals surface area contributed by atoms with Gasteiger partial charge >= 0.3 is 17.9 Å². The van der Waals surface area contributed by atoms with Gasteiger partial charge in [-0.1, -0.05) is 56.3 Å². The number of benzene rings is 2. The molecule has 11 heteroatoms. The Morgan fingerprint density at radius 3 is 1.82 bits per heavy atom. The molecule has 0 fully saturated rings. The topological polar surface area (TPSA) is 171 Å². The van der Waals surface area contributed by atoms with Crippen molar-refractivity contribution in [2.45, 2.75) is 39.2 Å². The molecule has 0 spiro atoms. The second-order valence-electron chi connectivity index (χ2n) is 8.38. The number of likely N-dealkylation sites (N-methyl/N-ethyl adjacent to an activating group) is 1. The highest BCUT2D eigenvalue weighted by atomic mass is 16.5. The predicted octanol–water partition coefficient (Wildman–Crippen LogP) is 3.17. The minimum absolute atomic E-state index is 0.133. The third-order valence-corrected chi connectivity index (χ3v) is 5.36. The third kappa shape index (κ3) is 12.2. The number of aliphatic carboxylic acids is 3. The number of rotatable bonds is 15. The van der Waals surface area contributed by atoms with Gasteiger partial charge < -0.3 is 34.8 Å². The molecule has 0 amide bonds. The largest absolute Gasteiger partial charge is 0.488 e. The summed E-state index contributed by atoms with van der Waals surface area (Å²) in [5.74, 6) is -3.68. The molecular weight excluding hydrogens is 510 g/mol. The summed E-state index contributed by atoms with van der Waals surface area (Å²) in [5.41, 5.74) is -1.82. The number of carboxylic acid groups (broad SMARTS) is 3. The number of ether oxygens (including phenoxy) is 2. The molecule has 0 saturated carbocycles. The van der Waals surface area contributed by atoms with Crippen molar-refractivity contribution in [3.05, 3.63) is 65.9 Å². The lowest BCUT2D eigenvalue weighted by Gasteiger charge is -2.19. The van der Waals surface area contributed by atoms with Crippen LogP contribution in [-0.2, 0) is 19.2 Å². The van der Waals surface area contributed by atoms with Gasteiger partial charge in [0.2, 0.25) is 0 Å². The highest BCUT2D eigenvalue weighted by molar-refractivity contribution is 5.96. The summed E-state index contributed by atoms with van der Waals surface area (Å²) < 4.78 is 11.8. The van der Waals surface area contributed by atoms with Gasteiger partial charge in [-0.25, -0.2) is 4.79 Å². The minimum atomic E-state index is -2.74. The van der Waals surface area contributed by atoms with Crippen LogP contribution in [0.1, 0.15) is 39.2 Å². The standard InChI is InChI=1S/C22H27NO3.C6H8O7/c1-4-23(5-2)15-16-25-20-13-9-10-14-21(20)26-22(18(3)24)17-19-11-7-6-8-12-19;7-3(8)1-6(13,5(11)12)2-4(9)10/h6-14,17H,4-5,15-16H2,1-3H3;13H,1-2H2,(H,7,8)(H,9,10)(H,11,12). The summed E-state index contributed by atoms with van der Waals surface area (Å²) >= 11 is 0. The first-order valence-electron chi connectivity index (χ1n) is 12.2. The molecule has 2 rings (SSSR count). The fourth-order valence-corrected chi connectivity index (χ4v) is 3.21. The highest BCUT2D eigenvalue weighted by Gasteiger charge is 2.40. The molecule has 39 heavy (non-hydrogen) atoms. The zero-order valence-corrected chi connectivity index (χ0v) is 22.2. The molecule has 0 radical (unpaired) electrons. The zero-order valence-electron chi connectivity index (χ0n) is 22.2. The van der Waals surface area contributed by atoms with E-state index in [9.17, 15) is 19.2 Å². The van der Waals surface area contributed by atoms with Crippen LogP contribution in [0.4, 0.5) is 0 Å². The number of para-hydroxylation sites is 2. The fraction of sp³-hybridized carbons (Fsp3) is 0.357. The number of Topliss-reactive ketones (excluding diaryl/α,β-unsaturated/α-hetero) is 1. The average molecular weight is 546 g/mol. The second-order valence-corrected chi connectivity index (χ2v) is 8.38. The van der Waals surface area contributed by atoms with Gasteiger partial charge in [-0.2, -0.15) is 0 Å². The first kappa shape index (κ1) is 32.8. The van der Waals surface area contributed by atoms with E-state index in [2.05, 4.69) is 18.7 Å². The van der Waals surface area contributed by atoms with Crippen LogP contribution in [0.25, 0.3) is 6.08 Å². The first-order valence-corrected chi connectivity index (χ1v) is 12.2. The molecule has 0 bridgehead atoms. The summed E-state index contributed by atoms with van der Waals surface area (Å²) in [6.07, 6.45) is -0.543. The highest BCUT2D eigenvalue weighted by Crippen LogP contribution is 2.29. The summed E-state index contributed by atoms with van der Waals surface area (Å²) in [5, 5.41) is 33.8. The number of carbonyl (C=O) groups is 4. The quantitative estimate of drug-likeness (QED) is 0.191. The van der Waals surface area contributed by atoms with Crippen LogP contribution in [-0.4, -0.2) is 80.9 Å². The van der Waals surface area contributed by atoms with Crippen molar-refractivity contribution >= 4 is 29.8 Å². The van der Waals surface area contributed by atoms with E-state index in [0.29, 0.717) is 18.1 Å². The maximum absolute atomic E-state index is 12.0. The summed E-state index contributed by atoms with van der Waals surface area (Å²) in [6.45, 7) is 9.17. The average Bonchev–Trinajstić information content (AvgIpc) is 2.87. The normalized spacial score (nSPS) is 11.3. The Bertz CT molecular complexity index is 1110. The Kier molecular flexibility index (Phi) is 14.0. The molecule has 0 atom stereocenters. The molecular formula is C28H35NO10. The lowest BCUT2D eigenvalue weighted by Crippen LogP contribution is -2.42. The van der Waals surface area contributed by atoms with Crippen molar-refractivity contribution < 1.29 is 49.1 Å². The molecule has 4 N–H and O–H groups in total. The van der Waals surface area contributed by atoms with Crippen LogP contribution in [0.2, 0.25) is 0 Å². The molecule has 0 aromatic heterocycles. The number of nitrogens with zero attached hydrogens (tertiary/aromatic N) is 1. The fourth-order valence-electron chi connectivity index (χ4n) is 3.21. The van der Waals surface area contributed by atoms with E-state index in [4.69, 9.17) is 29.9 Å². The smallest absolute Gasteiger partial charge is 0.336 e. The van der Waals surface area contributed by atoms with Crippen LogP contribution in [0.3, 0.4) is 0 Å². The van der Waals surface area contributed by atoms with Crippen LogP contribution in [0.5, 0.6) is 11.5 Å². The van der Waals surface area contributed by atoms with Crippen LogP contribution in [0, 0.1) is 0 Å². The van der Waals surface area contributed by atoms with E-state index in [0.717, 1.165) is 25.2 Å². The van der Waals surface area contributed by atoms with Gasteiger partial charge in [-0.15, -0.1) is 0 Å². The second kappa shape index (κ2) is 16.6. The number of hydrogen-bond acceptors (Lipinski definition) is 8. The van der Waals surface area contributed by atoms with Gasteiger partial charge in [0.1, 0.15) is 6.61 Å². The third-order valence-electron chi connectivity index (χ3n) is 5.36. The Balaban J connectivity index is 0.000000495. The van der Waals surface area contributed by atoms with Crippen molar-refractivity contribution in [3.8, 4) is 11.5 Å². The molecule has 11 nitrogen and oxygen atoms in total. The van der Waals surface area contributed by atoms with Crippen LogP contribution < -0.4 is 9.47 Å².